The van der Waals surface area contributed by atoms with Crippen LogP contribution in [0.2, 0.25) is 5.02 Å². The third-order valence-corrected chi connectivity index (χ3v) is 8.30. The minimum absolute atomic E-state index is 0.142. The minimum Gasteiger partial charge on any atom is -0.492 e. The number of hydrogen-bond donors (Lipinski definition) is 1. The van der Waals surface area contributed by atoms with Crippen LogP contribution in [0.1, 0.15) is 18.4 Å². The van der Waals surface area contributed by atoms with E-state index in [2.05, 4.69) is 5.32 Å². The van der Waals surface area contributed by atoms with Crippen molar-refractivity contribution in [2.45, 2.75) is 24.0 Å². The first-order valence-electron chi connectivity index (χ1n) is 9.08. The molecular formula is C19H23ClN2O4S2. The summed E-state index contributed by atoms with van der Waals surface area (Å²) in [6, 6.07) is 8.76. The van der Waals surface area contributed by atoms with Crippen molar-refractivity contribution in [2.24, 2.45) is 5.92 Å². The molecule has 1 aromatic carbocycles. The Balaban J connectivity index is 1.48. The molecule has 0 saturated carbocycles. The van der Waals surface area contributed by atoms with Gasteiger partial charge in [-0.15, -0.1) is 11.3 Å². The molecule has 1 aliphatic rings. The van der Waals surface area contributed by atoms with Crippen LogP contribution in [-0.4, -0.2) is 44.9 Å². The first-order valence-corrected chi connectivity index (χ1v) is 11.8. The average molecular weight is 443 g/mol. The van der Waals surface area contributed by atoms with Gasteiger partial charge < -0.3 is 10.1 Å². The van der Waals surface area contributed by atoms with Gasteiger partial charge in [-0.05, 0) is 48.9 Å². The molecule has 1 amide bonds. The standard InChI is InChI=1S/C19H23ClN2O4S2/c1-14-6-7-16(12-17(14)20)26-10-8-21-19(23)15-4-2-9-22(13-15)28(24,25)18-5-3-11-27-18/h3,5-7,11-12,15H,2,4,8-10,13H2,1H3,(H,21,23)/t15-/m0/s1. The van der Waals surface area contributed by atoms with Gasteiger partial charge in [-0.3, -0.25) is 4.79 Å². The first-order chi connectivity index (χ1) is 13.4. The van der Waals surface area contributed by atoms with Crippen molar-refractivity contribution in [3.8, 4) is 5.75 Å². The van der Waals surface area contributed by atoms with Crippen molar-refractivity contribution >= 4 is 38.9 Å². The summed E-state index contributed by atoms with van der Waals surface area (Å²) in [5.41, 5.74) is 0.974. The third-order valence-electron chi connectivity index (χ3n) is 4.66. The van der Waals surface area contributed by atoms with Crippen molar-refractivity contribution in [2.75, 3.05) is 26.2 Å². The molecular weight excluding hydrogens is 420 g/mol. The monoisotopic (exact) mass is 442 g/mol. The highest BCUT2D eigenvalue weighted by atomic mass is 35.5. The van der Waals surface area contributed by atoms with Gasteiger partial charge >= 0.3 is 0 Å². The van der Waals surface area contributed by atoms with E-state index in [4.69, 9.17) is 16.3 Å². The smallest absolute Gasteiger partial charge is 0.252 e. The lowest BCUT2D eigenvalue weighted by Crippen LogP contribution is -2.45. The number of nitrogens with zero attached hydrogens (tertiary/aromatic N) is 1. The summed E-state index contributed by atoms with van der Waals surface area (Å²) in [5.74, 6) is 0.157. The van der Waals surface area contributed by atoms with E-state index in [1.165, 1.54) is 15.6 Å². The summed E-state index contributed by atoms with van der Waals surface area (Å²) in [5, 5.41) is 5.21. The number of benzene rings is 1. The first kappa shape index (κ1) is 21.1. The fraction of sp³-hybridized carbons (Fsp3) is 0.421. The number of ether oxygens (including phenoxy) is 1. The Bertz CT molecular complexity index is 916. The van der Waals surface area contributed by atoms with Crippen LogP contribution >= 0.6 is 22.9 Å². The Morgan fingerprint density at radius 2 is 2.21 bits per heavy atom. The number of halogens is 1. The molecule has 2 aromatic rings. The summed E-state index contributed by atoms with van der Waals surface area (Å²) in [6.45, 7) is 3.23. The maximum atomic E-state index is 12.7. The lowest BCUT2D eigenvalue weighted by molar-refractivity contribution is -0.126. The zero-order valence-electron chi connectivity index (χ0n) is 15.6. The SMILES string of the molecule is Cc1ccc(OCCNC(=O)[C@H]2CCCN(S(=O)(=O)c3cccs3)C2)cc1Cl. The fourth-order valence-electron chi connectivity index (χ4n) is 3.06. The largest absolute Gasteiger partial charge is 0.492 e. The van der Waals surface area contributed by atoms with Crippen molar-refractivity contribution in [3.63, 3.8) is 0 Å². The van der Waals surface area contributed by atoms with Crippen LogP contribution in [0.25, 0.3) is 0 Å². The number of piperidine rings is 1. The van der Waals surface area contributed by atoms with E-state index in [-0.39, 0.29) is 18.4 Å². The summed E-state index contributed by atoms with van der Waals surface area (Å²) in [4.78, 5) is 12.5. The lowest BCUT2D eigenvalue weighted by Gasteiger charge is -2.30. The van der Waals surface area contributed by atoms with Gasteiger partial charge in [0.15, 0.2) is 0 Å². The van der Waals surface area contributed by atoms with Crippen molar-refractivity contribution in [1.29, 1.82) is 0 Å². The number of sulfonamides is 1. The molecule has 2 heterocycles. The average Bonchev–Trinajstić information content (AvgIpc) is 3.23. The molecule has 0 bridgehead atoms. The molecule has 1 aliphatic heterocycles. The number of aryl methyl sites for hydroxylation is 1. The van der Waals surface area contributed by atoms with E-state index in [0.717, 1.165) is 5.56 Å². The van der Waals surface area contributed by atoms with Crippen LogP contribution in [0.3, 0.4) is 0 Å². The zero-order valence-corrected chi connectivity index (χ0v) is 17.9. The van der Waals surface area contributed by atoms with Crippen LogP contribution in [0.5, 0.6) is 5.75 Å². The van der Waals surface area contributed by atoms with E-state index in [1.807, 2.05) is 19.1 Å². The van der Waals surface area contributed by atoms with E-state index in [0.29, 0.717) is 47.5 Å². The highest BCUT2D eigenvalue weighted by Crippen LogP contribution is 2.26. The lowest BCUT2D eigenvalue weighted by atomic mass is 9.99. The van der Waals surface area contributed by atoms with Crippen LogP contribution in [0, 0.1) is 12.8 Å². The van der Waals surface area contributed by atoms with Crippen LogP contribution < -0.4 is 10.1 Å². The number of thiophene rings is 1. The predicted molar refractivity (Wildman–Crippen MR) is 110 cm³/mol. The molecule has 1 aromatic heterocycles. The molecule has 0 aliphatic carbocycles. The van der Waals surface area contributed by atoms with E-state index in [9.17, 15) is 13.2 Å². The second-order valence-corrected chi connectivity index (χ2v) is 10.2. The second kappa shape index (κ2) is 9.26. The summed E-state index contributed by atoms with van der Waals surface area (Å²) in [7, 11) is -3.52. The van der Waals surface area contributed by atoms with Gasteiger partial charge in [0.25, 0.3) is 10.0 Å². The molecule has 152 valence electrons. The number of rotatable bonds is 7. The summed E-state index contributed by atoms with van der Waals surface area (Å²) in [6.07, 6.45) is 1.35. The van der Waals surface area contributed by atoms with Crippen LogP contribution in [0.4, 0.5) is 0 Å². The molecule has 1 saturated heterocycles. The molecule has 1 atom stereocenters. The van der Waals surface area contributed by atoms with Gasteiger partial charge in [-0.25, -0.2) is 8.42 Å². The van der Waals surface area contributed by atoms with Gasteiger partial charge in [0.1, 0.15) is 16.6 Å². The van der Waals surface area contributed by atoms with Crippen LogP contribution in [-0.2, 0) is 14.8 Å². The minimum atomic E-state index is -3.52. The molecule has 6 nitrogen and oxygen atoms in total. The Morgan fingerprint density at radius 1 is 1.39 bits per heavy atom. The highest BCUT2D eigenvalue weighted by molar-refractivity contribution is 7.91. The maximum Gasteiger partial charge on any atom is 0.252 e. The van der Waals surface area contributed by atoms with Crippen molar-refractivity contribution in [1.82, 2.24) is 9.62 Å². The van der Waals surface area contributed by atoms with Crippen molar-refractivity contribution < 1.29 is 17.9 Å². The topological polar surface area (TPSA) is 75.7 Å². The highest BCUT2D eigenvalue weighted by Gasteiger charge is 2.33. The zero-order chi connectivity index (χ0) is 20.1. The van der Waals surface area contributed by atoms with Crippen LogP contribution in [0.15, 0.2) is 39.9 Å². The quantitative estimate of drug-likeness (QED) is 0.667. The van der Waals surface area contributed by atoms with Gasteiger partial charge in [-0.2, -0.15) is 4.31 Å². The van der Waals surface area contributed by atoms with Gasteiger partial charge in [0.05, 0.1) is 12.5 Å². The van der Waals surface area contributed by atoms with E-state index >= 15 is 0 Å². The molecule has 3 rings (SSSR count). The molecule has 9 heteroatoms. The molecule has 0 unspecified atom stereocenters. The second-order valence-electron chi connectivity index (χ2n) is 6.68. The Morgan fingerprint density at radius 3 is 2.93 bits per heavy atom. The van der Waals surface area contributed by atoms with Gasteiger partial charge in [-0.1, -0.05) is 23.7 Å². The number of hydrogen-bond acceptors (Lipinski definition) is 5. The van der Waals surface area contributed by atoms with Gasteiger partial charge in [0, 0.05) is 18.1 Å². The molecule has 1 fully saturated rings. The van der Waals surface area contributed by atoms with E-state index < -0.39 is 10.0 Å². The Labute approximate surface area is 174 Å². The van der Waals surface area contributed by atoms with E-state index in [1.54, 1.807) is 23.6 Å². The number of carbonyl (C=O) groups is 1. The van der Waals surface area contributed by atoms with Crippen molar-refractivity contribution in [3.05, 3.63) is 46.3 Å². The summed E-state index contributed by atoms with van der Waals surface area (Å²) < 4.78 is 32.7. The number of carbonyl (C=O) groups excluding carboxylic acids is 1. The Hall–Kier alpha value is -1.61. The molecule has 1 N–H and O–H groups in total. The number of amides is 1. The molecule has 0 radical (unpaired) electrons. The number of nitrogens with one attached hydrogen (secondary N) is 1. The third kappa shape index (κ3) is 5.05. The molecule has 28 heavy (non-hydrogen) atoms. The Kier molecular flexibility index (Phi) is 6.98. The molecule has 0 spiro atoms. The summed E-state index contributed by atoms with van der Waals surface area (Å²) >= 11 is 7.26. The normalized spacial score (nSPS) is 18.0. The maximum absolute atomic E-state index is 12.7. The predicted octanol–water partition coefficient (Wildman–Crippen LogP) is 3.31. The fourth-order valence-corrected chi connectivity index (χ4v) is 5.90. The van der Waals surface area contributed by atoms with Gasteiger partial charge in [0.2, 0.25) is 5.91 Å².